The number of azide groups is 1. The number of rotatable bonds is 3. The van der Waals surface area contributed by atoms with Crippen molar-refractivity contribution in [2.24, 2.45) is 5.11 Å². The predicted octanol–water partition coefficient (Wildman–Crippen LogP) is 3.06. The normalized spacial score (nSPS) is 9.92. The van der Waals surface area contributed by atoms with Crippen LogP contribution in [0, 0.1) is 0 Å². The highest BCUT2D eigenvalue weighted by molar-refractivity contribution is 6.30. The Bertz CT molecular complexity index is 355. The summed E-state index contributed by atoms with van der Waals surface area (Å²) in [4.78, 5) is 6.51. The van der Waals surface area contributed by atoms with E-state index in [-0.39, 0.29) is 0 Å². The molecule has 0 atom stereocenters. The maximum absolute atomic E-state index is 8.00. The smallest absolute Gasteiger partial charge is 0.0595 e. The van der Waals surface area contributed by atoms with Gasteiger partial charge in [-0.1, -0.05) is 28.9 Å². The van der Waals surface area contributed by atoms with Crippen molar-refractivity contribution < 1.29 is 0 Å². The van der Waals surface area contributed by atoms with Gasteiger partial charge in [0.15, 0.2) is 0 Å². The lowest BCUT2D eigenvalue weighted by molar-refractivity contribution is 1.22. The SMILES string of the molecule is [N-]=[N+]=NCC=Cc1cncc(Cl)c1. The quantitative estimate of drug-likeness (QED) is 0.414. The van der Waals surface area contributed by atoms with Crippen molar-refractivity contribution in [1.29, 1.82) is 0 Å². The van der Waals surface area contributed by atoms with Gasteiger partial charge in [-0.3, -0.25) is 4.98 Å². The van der Waals surface area contributed by atoms with Crippen LogP contribution in [-0.2, 0) is 0 Å². The van der Waals surface area contributed by atoms with Gasteiger partial charge in [-0.2, -0.15) is 0 Å². The lowest BCUT2D eigenvalue weighted by Crippen LogP contribution is -1.76. The number of hydrogen-bond donors (Lipinski definition) is 0. The molecule has 0 unspecified atom stereocenters. The van der Waals surface area contributed by atoms with Crippen LogP contribution >= 0.6 is 11.6 Å². The van der Waals surface area contributed by atoms with E-state index < -0.39 is 0 Å². The van der Waals surface area contributed by atoms with E-state index in [1.54, 1.807) is 30.6 Å². The Morgan fingerprint density at radius 1 is 1.62 bits per heavy atom. The Kier molecular flexibility index (Phi) is 3.82. The summed E-state index contributed by atoms with van der Waals surface area (Å²) in [5.41, 5.74) is 8.89. The minimum Gasteiger partial charge on any atom is -0.263 e. The van der Waals surface area contributed by atoms with Crippen molar-refractivity contribution in [3.05, 3.63) is 45.6 Å². The van der Waals surface area contributed by atoms with Crippen LogP contribution in [0.5, 0.6) is 0 Å². The lowest BCUT2D eigenvalue weighted by atomic mass is 10.2. The molecule has 5 heteroatoms. The largest absolute Gasteiger partial charge is 0.263 e. The van der Waals surface area contributed by atoms with Crippen LogP contribution < -0.4 is 0 Å². The second-order valence-electron chi connectivity index (χ2n) is 2.25. The highest BCUT2D eigenvalue weighted by Crippen LogP contribution is 2.09. The molecule has 0 bridgehead atoms. The van der Waals surface area contributed by atoms with Crippen LogP contribution in [0.15, 0.2) is 29.7 Å². The Labute approximate surface area is 80.5 Å². The summed E-state index contributed by atoms with van der Waals surface area (Å²) in [7, 11) is 0. The minimum atomic E-state index is 0.336. The number of aromatic nitrogens is 1. The van der Waals surface area contributed by atoms with Gasteiger partial charge in [0.2, 0.25) is 0 Å². The first-order valence-corrected chi connectivity index (χ1v) is 3.98. The molecule has 0 amide bonds. The van der Waals surface area contributed by atoms with Gasteiger partial charge in [0.25, 0.3) is 0 Å². The van der Waals surface area contributed by atoms with Gasteiger partial charge in [0.05, 0.1) is 5.02 Å². The molecule has 0 saturated heterocycles. The third-order valence-electron chi connectivity index (χ3n) is 1.29. The summed E-state index contributed by atoms with van der Waals surface area (Å²) < 4.78 is 0. The van der Waals surface area contributed by atoms with Crippen molar-refractivity contribution in [2.75, 3.05) is 6.54 Å². The Balaban J connectivity index is 2.63. The summed E-state index contributed by atoms with van der Waals surface area (Å²) in [6, 6.07) is 1.78. The summed E-state index contributed by atoms with van der Waals surface area (Å²) >= 11 is 5.71. The van der Waals surface area contributed by atoms with Crippen LogP contribution in [0.2, 0.25) is 5.02 Å². The molecule has 0 aliphatic carbocycles. The van der Waals surface area contributed by atoms with Gasteiger partial charge in [-0.25, -0.2) is 0 Å². The van der Waals surface area contributed by atoms with Crippen molar-refractivity contribution >= 4 is 17.7 Å². The molecular formula is C8H7ClN4. The highest BCUT2D eigenvalue weighted by Gasteiger charge is 1.88. The second-order valence-corrected chi connectivity index (χ2v) is 2.69. The third-order valence-corrected chi connectivity index (χ3v) is 1.49. The van der Waals surface area contributed by atoms with Gasteiger partial charge < -0.3 is 0 Å². The molecule has 0 N–H and O–H groups in total. The molecule has 0 aromatic carbocycles. The molecule has 0 fully saturated rings. The zero-order valence-corrected chi connectivity index (χ0v) is 7.52. The van der Waals surface area contributed by atoms with Gasteiger partial charge >= 0.3 is 0 Å². The monoisotopic (exact) mass is 194 g/mol. The van der Waals surface area contributed by atoms with E-state index in [1.807, 2.05) is 0 Å². The minimum absolute atomic E-state index is 0.336. The molecule has 0 aliphatic rings. The molecule has 13 heavy (non-hydrogen) atoms. The van der Waals surface area contributed by atoms with E-state index >= 15 is 0 Å². The number of hydrogen-bond acceptors (Lipinski definition) is 2. The lowest BCUT2D eigenvalue weighted by Gasteiger charge is -1.91. The number of halogens is 1. The van der Waals surface area contributed by atoms with Crippen LogP contribution in [-0.4, -0.2) is 11.5 Å². The topological polar surface area (TPSA) is 61.7 Å². The fraction of sp³-hybridized carbons (Fsp3) is 0.125. The van der Waals surface area contributed by atoms with Crippen LogP contribution in [0.1, 0.15) is 5.56 Å². The van der Waals surface area contributed by atoms with E-state index in [0.29, 0.717) is 11.6 Å². The molecule has 0 aliphatic heterocycles. The van der Waals surface area contributed by atoms with E-state index in [0.717, 1.165) is 5.56 Å². The Morgan fingerprint density at radius 3 is 3.15 bits per heavy atom. The zero-order chi connectivity index (χ0) is 9.52. The highest BCUT2D eigenvalue weighted by atomic mass is 35.5. The summed E-state index contributed by atoms with van der Waals surface area (Å²) in [5, 5.41) is 3.94. The maximum Gasteiger partial charge on any atom is 0.0595 e. The first-order valence-electron chi connectivity index (χ1n) is 3.61. The van der Waals surface area contributed by atoms with E-state index in [2.05, 4.69) is 15.0 Å². The second kappa shape index (κ2) is 5.19. The molecule has 1 aromatic heterocycles. The van der Waals surface area contributed by atoms with Crippen LogP contribution in [0.25, 0.3) is 16.5 Å². The predicted molar refractivity (Wildman–Crippen MR) is 52.3 cm³/mol. The van der Waals surface area contributed by atoms with E-state index in [4.69, 9.17) is 17.1 Å². The van der Waals surface area contributed by atoms with Crippen molar-refractivity contribution in [1.82, 2.24) is 4.98 Å². The summed E-state index contributed by atoms with van der Waals surface area (Å²) in [5.74, 6) is 0. The van der Waals surface area contributed by atoms with Gasteiger partial charge in [-0.15, -0.1) is 0 Å². The number of pyridine rings is 1. The fourth-order valence-corrected chi connectivity index (χ4v) is 0.974. The first kappa shape index (κ1) is 9.58. The molecule has 1 heterocycles. The molecule has 0 spiro atoms. The van der Waals surface area contributed by atoms with E-state index in [1.165, 1.54) is 0 Å². The third kappa shape index (κ3) is 3.60. The molecule has 1 aromatic rings. The fourth-order valence-electron chi connectivity index (χ4n) is 0.792. The first-order chi connectivity index (χ1) is 6.33. The van der Waals surface area contributed by atoms with Crippen molar-refractivity contribution in [2.45, 2.75) is 0 Å². The average molecular weight is 195 g/mol. The van der Waals surface area contributed by atoms with E-state index in [9.17, 15) is 0 Å². The molecule has 0 radical (unpaired) electrons. The van der Waals surface area contributed by atoms with Crippen molar-refractivity contribution in [3.8, 4) is 0 Å². The maximum atomic E-state index is 8.00. The molecule has 66 valence electrons. The molecule has 4 nitrogen and oxygen atoms in total. The standard InChI is InChI=1S/C8H7ClN4/c9-8-4-7(5-11-6-8)2-1-3-12-13-10/h1-2,4-6H,3H2. The average Bonchev–Trinajstić information content (AvgIpc) is 2.13. The van der Waals surface area contributed by atoms with Gasteiger partial charge in [0, 0.05) is 23.9 Å². The van der Waals surface area contributed by atoms with Gasteiger partial charge in [0.1, 0.15) is 0 Å². The number of nitrogens with zero attached hydrogens (tertiary/aromatic N) is 4. The van der Waals surface area contributed by atoms with Crippen molar-refractivity contribution in [3.63, 3.8) is 0 Å². The molecule has 0 saturated carbocycles. The summed E-state index contributed by atoms with van der Waals surface area (Å²) in [6.45, 7) is 0.336. The zero-order valence-electron chi connectivity index (χ0n) is 6.76. The Morgan fingerprint density at radius 2 is 2.46 bits per heavy atom. The van der Waals surface area contributed by atoms with Crippen LogP contribution in [0.3, 0.4) is 0 Å². The van der Waals surface area contributed by atoms with Crippen LogP contribution in [0.4, 0.5) is 0 Å². The Hall–Kier alpha value is -1.51. The molecule has 1 rings (SSSR count). The molecular weight excluding hydrogens is 188 g/mol. The van der Waals surface area contributed by atoms with Gasteiger partial charge in [-0.05, 0) is 17.2 Å². The summed E-state index contributed by atoms with van der Waals surface area (Å²) in [6.07, 6.45) is 6.78.